The lowest BCUT2D eigenvalue weighted by Gasteiger charge is -2.26. The molecule has 0 fully saturated rings. The van der Waals surface area contributed by atoms with Gasteiger partial charge in [0.15, 0.2) is 0 Å². The van der Waals surface area contributed by atoms with Crippen LogP contribution in [0.1, 0.15) is 19.4 Å². The Kier molecular flexibility index (Phi) is 5.31. The van der Waals surface area contributed by atoms with E-state index in [0.29, 0.717) is 23.6 Å². The van der Waals surface area contributed by atoms with E-state index in [0.717, 1.165) is 0 Å². The van der Waals surface area contributed by atoms with Gasteiger partial charge in [0, 0.05) is 24.7 Å². The zero-order valence-corrected chi connectivity index (χ0v) is 11.5. The summed E-state index contributed by atoms with van der Waals surface area (Å²) >= 11 is 10.6. The van der Waals surface area contributed by atoms with Crippen LogP contribution < -0.4 is 5.73 Å². The molecule has 0 saturated carbocycles. The van der Waals surface area contributed by atoms with Gasteiger partial charge in [0.1, 0.15) is 5.82 Å². The minimum Gasteiger partial charge on any atom is -0.392 e. The van der Waals surface area contributed by atoms with E-state index in [1.165, 1.54) is 6.07 Å². The van der Waals surface area contributed by atoms with Crippen LogP contribution in [0, 0.1) is 5.82 Å². The minimum atomic E-state index is -0.372. The van der Waals surface area contributed by atoms with Gasteiger partial charge in [-0.05, 0) is 19.9 Å². The van der Waals surface area contributed by atoms with E-state index < -0.39 is 0 Å². The molecule has 1 rings (SSSR count). The fraction of sp³-hybridized carbons (Fsp3) is 0.417. The van der Waals surface area contributed by atoms with Gasteiger partial charge in [-0.25, -0.2) is 4.39 Å². The van der Waals surface area contributed by atoms with E-state index in [4.69, 9.17) is 29.6 Å². The zero-order valence-electron chi connectivity index (χ0n) is 9.91. The SMILES string of the molecule is CC(C)N(CC(N)=S)Cc1cccc(Cl)c1F. The Morgan fingerprint density at radius 3 is 2.71 bits per heavy atom. The lowest BCUT2D eigenvalue weighted by atomic mass is 10.1. The molecule has 0 radical (unpaired) electrons. The summed E-state index contributed by atoms with van der Waals surface area (Å²) in [7, 11) is 0. The normalized spacial score (nSPS) is 11.2. The summed E-state index contributed by atoms with van der Waals surface area (Å²) in [6, 6.07) is 5.22. The fourth-order valence-corrected chi connectivity index (χ4v) is 1.87. The van der Waals surface area contributed by atoms with Crippen LogP contribution in [0.3, 0.4) is 0 Å². The number of nitrogens with zero attached hydrogens (tertiary/aromatic N) is 1. The van der Waals surface area contributed by atoms with E-state index in [-0.39, 0.29) is 16.9 Å². The van der Waals surface area contributed by atoms with Crippen molar-refractivity contribution in [2.75, 3.05) is 6.54 Å². The van der Waals surface area contributed by atoms with Crippen molar-refractivity contribution in [2.45, 2.75) is 26.4 Å². The van der Waals surface area contributed by atoms with Crippen LogP contribution in [0.25, 0.3) is 0 Å². The van der Waals surface area contributed by atoms with Gasteiger partial charge in [-0.15, -0.1) is 0 Å². The topological polar surface area (TPSA) is 29.3 Å². The van der Waals surface area contributed by atoms with Crippen molar-refractivity contribution in [3.8, 4) is 0 Å². The summed E-state index contributed by atoms with van der Waals surface area (Å²) in [5.74, 6) is -0.372. The molecule has 0 amide bonds. The molecule has 1 aromatic rings. The Morgan fingerprint density at radius 2 is 2.18 bits per heavy atom. The molecule has 2 N–H and O–H groups in total. The van der Waals surface area contributed by atoms with Crippen LogP contribution in [0.4, 0.5) is 4.39 Å². The van der Waals surface area contributed by atoms with Gasteiger partial charge in [0.05, 0.1) is 10.0 Å². The summed E-state index contributed by atoms with van der Waals surface area (Å²) in [5.41, 5.74) is 6.08. The molecule has 5 heteroatoms. The van der Waals surface area contributed by atoms with Crippen molar-refractivity contribution in [1.29, 1.82) is 0 Å². The molecule has 0 aliphatic heterocycles. The molecular formula is C12H16ClFN2S. The van der Waals surface area contributed by atoms with Gasteiger partial charge in [0.2, 0.25) is 0 Å². The smallest absolute Gasteiger partial charge is 0.146 e. The first-order valence-corrected chi connectivity index (χ1v) is 6.15. The Morgan fingerprint density at radius 1 is 1.53 bits per heavy atom. The standard InChI is InChI=1S/C12H16ClFN2S/c1-8(2)16(7-11(15)17)6-9-4-3-5-10(13)12(9)14/h3-5,8H,6-7H2,1-2H3,(H2,15,17). The molecule has 0 aromatic heterocycles. The van der Waals surface area contributed by atoms with Crippen LogP contribution in [-0.4, -0.2) is 22.5 Å². The fourth-order valence-electron chi connectivity index (χ4n) is 1.51. The average molecular weight is 275 g/mol. The molecule has 1 aromatic carbocycles. The second kappa shape index (κ2) is 6.28. The Hall–Kier alpha value is -0.710. The Bertz CT molecular complexity index is 409. The molecule has 17 heavy (non-hydrogen) atoms. The second-order valence-corrected chi connectivity index (χ2v) is 5.11. The third-order valence-electron chi connectivity index (χ3n) is 2.49. The lowest BCUT2D eigenvalue weighted by Crippen LogP contribution is -2.37. The van der Waals surface area contributed by atoms with Crippen LogP contribution >= 0.6 is 23.8 Å². The molecule has 0 bridgehead atoms. The molecule has 2 nitrogen and oxygen atoms in total. The monoisotopic (exact) mass is 274 g/mol. The summed E-state index contributed by atoms with van der Waals surface area (Å²) < 4.78 is 13.7. The van der Waals surface area contributed by atoms with Crippen LogP contribution in [0.15, 0.2) is 18.2 Å². The van der Waals surface area contributed by atoms with E-state index in [1.54, 1.807) is 12.1 Å². The highest BCUT2D eigenvalue weighted by Gasteiger charge is 2.14. The maximum Gasteiger partial charge on any atom is 0.146 e. The van der Waals surface area contributed by atoms with Gasteiger partial charge in [0.25, 0.3) is 0 Å². The number of hydrogen-bond acceptors (Lipinski definition) is 2. The van der Waals surface area contributed by atoms with E-state index in [9.17, 15) is 4.39 Å². The number of nitrogens with two attached hydrogens (primary N) is 1. The van der Waals surface area contributed by atoms with Crippen LogP contribution in [-0.2, 0) is 6.54 Å². The Balaban J connectivity index is 2.86. The third kappa shape index (κ3) is 4.22. The molecule has 0 atom stereocenters. The lowest BCUT2D eigenvalue weighted by molar-refractivity contribution is 0.242. The molecule has 0 saturated heterocycles. The number of halogens is 2. The molecule has 0 heterocycles. The highest BCUT2D eigenvalue weighted by molar-refractivity contribution is 7.80. The van der Waals surface area contributed by atoms with Crippen molar-refractivity contribution in [3.05, 3.63) is 34.6 Å². The highest BCUT2D eigenvalue weighted by atomic mass is 35.5. The molecule has 94 valence electrons. The largest absolute Gasteiger partial charge is 0.392 e. The maximum atomic E-state index is 13.7. The number of rotatable bonds is 5. The number of benzene rings is 1. The van der Waals surface area contributed by atoms with Gasteiger partial charge >= 0.3 is 0 Å². The van der Waals surface area contributed by atoms with Gasteiger partial charge < -0.3 is 5.73 Å². The summed E-state index contributed by atoms with van der Waals surface area (Å²) in [6.07, 6.45) is 0. The predicted octanol–water partition coefficient (Wildman–Crippen LogP) is 2.98. The zero-order chi connectivity index (χ0) is 13.0. The van der Waals surface area contributed by atoms with E-state index in [1.807, 2.05) is 18.7 Å². The van der Waals surface area contributed by atoms with Crippen molar-refractivity contribution in [2.24, 2.45) is 5.73 Å². The van der Waals surface area contributed by atoms with Crippen molar-refractivity contribution < 1.29 is 4.39 Å². The van der Waals surface area contributed by atoms with Crippen LogP contribution in [0.2, 0.25) is 5.02 Å². The summed E-state index contributed by atoms with van der Waals surface area (Å²) in [5, 5.41) is 0.140. The first-order chi connectivity index (χ1) is 7.91. The predicted molar refractivity (Wildman–Crippen MR) is 73.7 cm³/mol. The molecule has 0 aliphatic rings. The summed E-state index contributed by atoms with van der Waals surface area (Å²) in [6.45, 7) is 4.95. The highest BCUT2D eigenvalue weighted by Crippen LogP contribution is 2.19. The van der Waals surface area contributed by atoms with Crippen molar-refractivity contribution in [1.82, 2.24) is 4.90 Å². The summed E-state index contributed by atoms with van der Waals surface area (Å²) in [4.78, 5) is 2.40. The van der Waals surface area contributed by atoms with Gasteiger partial charge in [-0.2, -0.15) is 0 Å². The second-order valence-electron chi connectivity index (χ2n) is 4.18. The first-order valence-electron chi connectivity index (χ1n) is 5.37. The minimum absolute atomic E-state index is 0.140. The van der Waals surface area contributed by atoms with Gasteiger partial charge in [-0.1, -0.05) is 36.0 Å². The molecule has 0 unspecified atom stereocenters. The molecule has 0 aliphatic carbocycles. The third-order valence-corrected chi connectivity index (χ3v) is 2.92. The Labute approximate surface area is 112 Å². The molecule has 0 spiro atoms. The number of thiocarbonyl (C=S) groups is 1. The van der Waals surface area contributed by atoms with Crippen LogP contribution in [0.5, 0.6) is 0 Å². The van der Waals surface area contributed by atoms with Gasteiger partial charge in [-0.3, -0.25) is 4.90 Å². The van der Waals surface area contributed by atoms with Crippen molar-refractivity contribution >= 4 is 28.8 Å². The van der Waals surface area contributed by atoms with E-state index >= 15 is 0 Å². The molecular weight excluding hydrogens is 259 g/mol. The maximum absolute atomic E-state index is 13.7. The van der Waals surface area contributed by atoms with E-state index in [2.05, 4.69) is 0 Å². The quantitative estimate of drug-likeness (QED) is 0.837. The average Bonchev–Trinajstić information content (AvgIpc) is 2.22. The van der Waals surface area contributed by atoms with Crippen molar-refractivity contribution in [3.63, 3.8) is 0 Å². The number of hydrogen-bond donors (Lipinski definition) is 1. The first kappa shape index (κ1) is 14.4.